The molecule has 2 bridgehead atoms. The Labute approximate surface area is 117 Å². The van der Waals surface area contributed by atoms with Crippen LogP contribution in [-0.2, 0) is 14.3 Å². The summed E-state index contributed by atoms with van der Waals surface area (Å²) >= 11 is 0. The summed E-state index contributed by atoms with van der Waals surface area (Å²) in [7, 11) is 0. The molecule has 0 aromatic heterocycles. The summed E-state index contributed by atoms with van der Waals surface area (Å²) in [6.07, 6.45) is 0.980. The van der Waals surface area contributed by atoms with E-state index in [-0.39, 0.29) is 30.0 Å². The minimum absolute atomic E-state index is 0.00151. The van der Waals surface area contributed by atoms with Gasteiger partial charge in [-0.2, -0.15) is 0 Å². The van der Waals surface area contributed by atoms with Crippen LogP contribution in [0.1, 0.15) is 20.3 Å². The van der Waals surface area contributed by atoms with Crippen LogP contribution in [0.2, 0.25) is 0 Å². The third-order valence-electron chi connectivity index (χ3n) is 5.97. The molecule has 7 atom stereocenters. The van der Waals surface area contributed by atoms with Crippen LogP contribution in [0.15, 0.2) is 11.6 Å². The molecule has 2 heterocycles. The van der Waals surface area contributed by atoms with E-state index in [1.54, 1.807) is 13.0 Å². The molecule has 4 aliphatic rings. The number of carbonyl (C=O) groups excluding carboxylic acids is 1. The van der Waals surface area contributed by atoms with Crippen molar-refractivity contribution in [1.82, 2.24) is 0 Å². The van der Waals surface area contributed by atoms with Crippen molar-refractivity contribution in [2.75, 3.05) is 13.2 Å². The van der Waals surface area contributed by atoms with Gasteiger partial charge >= 0.3 is 0 Å². The highest BCUT2D eigenvalue weighted by Gasteiger charge is 2.76. The van der Waals surface area contributed by atoms with Gasteiger partial charge in [-0.3, -0.25) is 4.79 Å². The Balaban J connectivity index is 1.88. The predicted molar refractivity (Wildman–Crippen MR) is 68.9 cm³/mol. The van der Waals surface area contributed by atoms with Gasteiger partial charge in [0.1, 0.15) is 11.7 Å². The van der Waals surface area contributed by atoms with Gasteiger partial charge in [-0.25, -0.2) is 0 Å². The average Bonchev–Trinajstić information content (AvgIpc) is 3.17. The minimum Gasteiger partial charge on any atom is -0.396 e. The molecular weight excluding hydrogens is 260 g/mol. The zero-order valence-electron chi connectivity index (χ0n) is 11.7. The van der Waals surface area contributed by atoms with Crippen LogP contribution in [0.5, 0.6) is 0 Å². The zero-order chi connectivity index (χ0) is 14.3. The molecule has 2 N–H and O–H groups in total. The van der Waals surface area contributed by atoms with E-state index in [1.165, 1.54) is 0 Å². The molecule has 2 saturated heterocycles. The van der Waals surface area contributed by atoms with Crippen molar-refractivity contribution >= 4 is 5.78 Å². The Bertz CT molecular complexity index is 508. The lowest BCUT2D eigenvalue weighted by atomic mass is 9.59. The SMILES string of the molecule is CC1=C[C@H]2O[C@@H]3[C@H](C)C[C@H](C2(CO)C(O)C1=O)[C@@]31CO1. The Hall–Kier alpha value is -0.750. The first-order chi connectivity index (χ1) is 9.47. The summed E-state index contributed by atoms with van der Waals surface area (Å²) in [5, 5.41) is 20.6. The second kappa shape index (κ2) is 3.71. The van der Waals surface area contributed by atoms with Gasteiger partial charge < -0.3 is 19.7 Å². The van der Waals surface area contributed by atoms with Crippen molar-refractivity contribution in [3.63, 3.8) is 0 Å². The summed E-state index contributed by atoms with van der Waals surface area (Å²) < 4.78 is 11.9. The normalized spacial score (nSPS) is 56.7. The van der Waals surface area contributed by atoms with Crippen molar-refractivity contribution in [2.45, 2.75) is 44.2 Å². The molecule has 3 fully saturated rings. The van der Waals surface area contributed by atoms with E-state index in [0.29, 0.717) is 18.1 Å². The van der Waals surface area contributed by atoms with E-state index in [9.17, 15) is 15.0 Å². The topological polar surface area (TPSA) is 79.3 Å². The molecule has 2 unspecified atom stereocenters. The maximum Gasteiger partial charge on any atom is 0.187 e. The third-order valence-corrected chi connectivity index (χ3v) is 5.97. The molecule has 5 heteroatoms. The fraction of sp³-hybridized carbons (Fsp3) is 0.800. The Morgan fingerprint density at radius 1 is 1.50 bits per heavy atom. The molecule has 2 aliphatic carbocycles. The third kappa shape index (κ3) is 1.21. The quantitative estimate of drug-likeness (QED) is 0.663. The zero-order valence-corrected chi connectivity index (χ0v) is 11.7. The first-order valence-electron chi connectivity index (χ1n) is 7.28. The lowest BCUT2D eigenvalue weighted by Crippen LogP contribution is -2.65. The van der Waals surface area contributed by atoms with E-state index < -0.39 is 17.6 Å². The standard InChI is InChI=1S/C15H20O5/c1-7-4-10-14(5-16,12(18)11(7)17)9-3-8(2)13(20-10)15(9)6-19-15/h4,8-10,12-13,16,18H,3,5-6H2,1-2H3/t8-,9-,10-,12?,13-,14?,15+/m1/s1. The van der Waals surface area contributed by atoms with Crippen LogP contribution in [-0.4, -0.2) is 53.1 Å². The summed E-state index contributed by atoms with van der Waals surface area (Å²) in [5.41, 5.74) is -0.820. The van der Waals surface area contributed by atoms with E-state index in [2.05, 4.69) is 6.92 Å². The van der Waals surface area contributed by atoms with Crippen LogP contribution >= 0.6 is 0 Å². The van der Waals surface area contributed by atoms with Crippen LogP contribution in [0.25, 0.3) is 0 Å². The molecule has 2 aliphatic heterocycles. The fourth-order valence-corrected chi connectivity index (χ4v) is 4.83. The van der Waals surface area contributed by atoms with Crippen molar-refractivity contribution in [3.05, 3.63) is 11.6 Å². The van der Waals surface area contributed by atoms with Crippen LogP contribution in [0, 0.1) is 17.3 Å². The largest absolute Gasteiger partial charge is 0.396 e. The minimum atomic E-state index is -1.21. The van der Waals surface area contributed by atoms with Gasteiger partial charge in [-0.15, -0.1) is 0 Å². The number of epoxide rings is 1. The number of carbonyl (C=O) groups is 1. The Kier molecular flexibility index (Phi) is 2.40. The number of aliphatic hydroxyl groups is 2. The molecule has 20 heavy (non-hydrogen) atoms. The Morgan fingerprint density at radius 2 is 2.20 bits per heavy atom. The van der Waals surface area contributed by atoms with Crippen molar-refractivity contribution in [2.24, 2.45) is 17.3 Å². The summed E-state index contributed by atoms with van der Waals surface area (Å²) in [4.78, 5) is 12.2. The first-order valence-corrected chi connectivity index (χ1v) is 7.28. The van der Waals surface area contributed by atoms with E-state index in [1.807, 2.05) is 0 Å². The van der Waals surface area contributed by atoms with Crippen molar-refractivity contribution in [3.8, 4) is 0 Å². The number of hydrogen-bond donors (Lipinski definition) is 2. The lowest BCUT2D eigenvalue weighted by molar-refractivity contribution is -0.211. The smallest absolute Gasteiger partial charge is 0.187 e. The molecule has 1 saturated carbocycles. The van der Waals surface area contributed by atoms with Crippen LogP contribution in [0.4, 0.5) is 0 Å². The van der Waals surface area contributed by atoms with Gasteiger partial charge in [-0.1, -0.05) is 6.92 Å². The number of ether oxygens (including phenoxy) is 2. The summed E-state index contributed by atoms with van der Waals surface area (Å²) in [6.45, 7) is 4.15. The van der Waals surface area contributed by atoms with Gasteiger partial charge in [0, 0.05) is 5.92 Å². The highest BCUT2D eigenvalue weighted by atomic mass is 16.6. The Morgan fingerprint density at radius 3 is 2.80 bits per heavy atom. The molecule has 5 nitrogen and oxygen atoms in total. The number of ketones is 1. The van der Waals surface area contributed by atoms with Crippen molar-refractivity contribution < 1.29 is 24.5 Å². The maximum absolute atomic E-state index is 12.2. The fourth-order valence-electron chi connectivity index (χ4n) is 4.83. The molecule has 0 radical (unpaired) electrons. The second-order valence-corrected chi connectivity index (χ2v) is 6.87. The molecular formula is C15H20O5. The van der Waals surface area contributed by atoms with Gasteiger partial charge in [0.05, 0.1) is 30.8 Å². The van der Waals surface area contributed by atoms with Gasteiger partial charge in [0.25, 0.3) is 0 Å². The number of Topliss-reactive ketones (excluding diaryl/α,β-unsaturated/α-hetero) is 1. The monoisotopic (exact) mass is 280 g/mol. The lowest BCUT2D eigenvalue weighted by Gasteiger charge is -2.52. The summed E-state index contributed by atoms with van der Waals surface area (Å²) in [6, 6.07) is 0. The number of hydrogen-bond acceptors (Lipinski definition) is 5. The van der Waals surface area contributed by atoms with E-state index in [4.69, 9.17) is 9.47 Å². The highest BCUT2D eigenvalue weighted by molar-refractivity contribution is 6.00. The maximum atomic E-state index is 12.2. The number of aliphatic hydroxyl groups excluding tert-OH is 2. The first kappa shape index (κ1) is 13.0. The van der Waals surface area contributed by atoms with Gasteiger partial charge in [0.2, 0.25) is 0 Å². The van der Waals surface area contributed by atoms with Gasteiger partial charge in [-0.05, 0) is 30.9 Å². The second-order valence-electron chi connectivity index (χ2n) is 6.87. The predicted octanol–water partition coefficient (Wildman–Crippen LogP) is 0.0474. The van der Waals surface area contributed by atoms with E-state index >= 15 is 0 Å². The highest BCUT2D eigenvalue weighted by Crippen LogP contribution is 2.65. The van der Waals surface area contributed by atoms with Gasteiger partial charge in [0.15, 0.2) is 5.78 Å². The molecule has 0 aromatic carbocycles. The average molecular weight is 280 g/mol. The molecule has 110 valence electrons. The number of fused-ring (bicyclic) bond motifs is 2. The van der Waals surface area contributed by atoms with E-state index in [0.717, 1.165) is 6.42 Å². The summed E-state index contributed by atoms with van der Waals surface area (Å²) in [5.74, 6) is -0.0118. The van der Waals surface area contributed by atoms with Crippen LogP contribution < -0.4 is 0 Å². The van der Waals surface area contributed by atoms with Crippen LogP contribution in [0.3, 0.4) is 0 Å². The van der Waals surface area contributed by atoms with Crippen molar-refractivity contribution in [1.29, 1.82) is 0 Å². The number of rotatable bonds is 1. The molecule has 0 aromatic rings. The molecule has 4 rings (SSSR count). The molecule has 1 spiro atoms. The molecule has 0 amide bonds.